The Morgan fingerprint density at radius 3 is 1.96 bits per heavy atom. The van der Waals surface area contributed by atoms with Crippen LogP contribution in [-0.4, -0.2) is 11.2 Å². The third-order valence-corrected chi connectivity index (χ3v) is 5.74. The van der Waals surface area contributed by atoms with E-state index in [1.807, 2.05) is 43.3 Å². The van der Waals surface area contributed by atoms with Gasteiger partial charge in [-0.2, -0.15) is 0 Å². The van der Waals surface area contributed by atoms with E-state index >= 15 is 0 Å². The van der Waals surface area contributed by atoms with Crippen LogP contribution < -0.4 is 0 Å². The highest BCUT2D eigenvalue weighted by Crippen LogP contribution is 2.34. The molecule has 0 aromatic heterocycles. The van der Waals surface area contributed by atoms with Crippen molar-refractivity contribution in [3.8, 4) is 22.3 Å². The summed E-state index contributed by atoms with van der Waals surface area (Å²) in [6.45, 7) is 2.03. The number of rotatable bonds is 3. The molecule has 0 spiro atoms. The van der Waals surface area contributed by atoms with Crippen molar-refractivity contribution >= 4 is 0 Å². The maximum atomic E-state index is 14.7. The summed E-state index contributed by atoms with van der Waals surface area (Å²) in [5.74, 6) is 0.338. The molecule has 27 heavy (non-hydrogen) atoms. The molecule has 1 N–H and O–H groups in total. The highest BCUT2D eigenvalue weighted by molar-refractivity contribution is 5.71. The molecule has 1 aliphatic carbocycles. The van der Waals surface area contributed by atoms with Crippen LogP contribution in [0.25, 0.3) is 22.3 Å². The molecule has 138 valence electrons. The van der Waals surface area contributed by atoms with Gasteiger partial charge in [0.2, 0.25) is 0 Å². The lowest BCUT2D eigenvalue weighted by atomic mass is 9.82. The highest BCUT2D eigenvalue weighted by Gasteiger charge is 2.20. The second-order valence-corrected chi connectivity index (χ2v) is 7.69. The Morgan fingerprint density at radius 2 is 1.33 bits per heavy atom. The fraction of sp³-hybridized carbons (Fsp3) is 0.280. The molecule has 0 amide bonds. The Kier molecular flexibility index (Phi) is 5.09. The van der Waals surface area contributed by atoms with Crippen molar-refractivity contribution in [2.45, 2.75) is 44.6 Å². The van der Waals surface area contributed by atoms with Gasteiger partial charge in [0.1, 0.15) is 5.82 Å². The maximum Gasteiger partial charge on any atom is 0.131 e. The lowest BCUT2D eigenvalue weighted by molar-refractivity contribution is 0.122. The first kappa shape index (κ1) is 17.9. The fourth-order valence-corrected chi connectivity index (χ4v) is 4.02. The predicted molar refractivity (Wildman–Crippen MR) is 109 cm³/mol. The zero-order valence-corrected chi connectivity index (χ0v) is 15.7. The largest absolute Gasteiger partial charge is 0.393 e. The van der Waals surface area contributed by atoms with Crippen LogP contribution >= 0.6 is 0 Å². The van der Waals surface area contributed by atoms with E-state index in [1.54, 1.807) is 6.07 Å². The molecule has 3 aromatic carbocycles. The van der Waals surface area contributed by atoms with Crippen LogP contribution in [0.3, 0.4) is 0 Å². The van der Waals surface area contributed by atoms with E-state index in [0.29, 0.717) is 11.5 Å². The average Bonchev–Trinajstić information content (AvgIpc) is 2.69. The van der Waals surface area contributed by atoms with Crippen LogP contribution in [0.1, 0.15) is 42.7 Å². The van der Waals surface area contributed by atoms with Gasteiger partial charge < -0.3 is 5.11 Å². The first-order valence-electron chi connectivity index (χ1n) is 9.75. The average molecular weight is 360 g/mol. The first-order chi connectivity index (χ1) is 13.1. The van der Waals surface area contributed by atoms with E-state index in [2.05, 4.69) is 24.3 Å². The molecule has 0 bridgehead atoms. The molecule has 0 atom stereocenters. The minimum absolute atomic E-state index is 0.129. The summed E-state index contributed by atoms with van der Waals surface area (Å²) in [7, 11) is 0. The molecule has 0 heterocycles. The minimum Gasteiger partial charge on any atom is -0.393 e. The second-order valence-electron chi connectivity index (χ2n) is 7.69. The highest BCUT2D eigenvalue weighted by atomic mass is 19.1. The summed E-state index contributed by atoms with van der Waals surface area (Å²) in [5, 5.41) is 9.68. The number of aliphatic hydroxyl groups is 1. The molecule has 0 saturated heterocycles. The molecule has 3 aromatic rings. The molecule has 4 rings (SSSR count). The van der Waals surface area contributed by atoms with E-state index < -0.39 is 0 Å². The predicted octanol–water partition coefficient (Wildman–Crippen LogP) is 6.49. The van der Waals surface area contributed by atoms with Crippen LogP contribution in [-0.2, 0) is 0 Å². The van der Waals surface area contributed by atoms with Gasteiger partial charge >= 0.3 is 0 Å². The van der Waals surface area contributed by atoms with Gasteiger partial charge in [-0.25, -0.2) is 4.39 Å². The lowest BCUT2D eigenvalue weighted by Crippen LogP contribution is -2.16. The number of benzene rings is 3. The van der Waals surface area contributed by atoms with Crippen molar-refractivity contribution in [2.24, 2.45) is 0 Å². The Labute approximate surface area is 160 Å². The van der Waals surface area contributed by atoms with Gasteiger partial charge in [0.05, 0.1) is 6.10 Å². The van der Waals surface area contributed by atoms with Crippen molar-refractivity contribution in [2.75, 3.05) is 0 Å². The summed E-state index contributed by atoms with van der Waals surface area (Å²) in [5.41, 5.74) is 5.96. The molecule has 0 radical (unpaired) electrons. The lowest BCUT2D eigenvalue weighted by Gasteiger charge is -2.25. The van der Waals surface area contributed by atoms with Crippen LogP contribution in [0.4, 0.5) is 4.39 Å². The van der Waals surface area contributed by atoms with Crippen molar-refractivity contribution in [1.29, 1.82) is 0 Å². The summed E-state index contributed by atoms with van der Waals surface area (Å²) < 4.78 is 14.7. The van der Waals surface area contributed by atoms with Gasteiger partial charge in [0.25, 0.3) is 0 Å². The molecule has 0 unspecified atom stereocenters. The number of hydrogen-bond donors (Lipinski definition) is 1. The van der Waals surface area contributed by atoms with Crippen LogP contribution in [0.15, 0.2) is 66.7 Å². The van der Waals surface area contributed by atoms with Gasteiger partial charge in [-0.1, -0.05) is 66.2 Å². The molecule has 0 aliphatic heterocycles. The van der Waals surface area contributed by atoms with Crippen molar-refractivity contribution in [3.63, 3.8) is 0 Å². The van der Waals surface area contributed by atoms with Crippen molar-refractivity contribution in [1.82, 2.24) is 0 Å². The Morgan fingerprint density at radius 1 is 0.741 bits per heavy atom. The SMILES string of the molecule is Cc1ccc(-c2ccc(-c3ccc(C4CCC(O)CC4)cc3)cc2F)cc1. The van der Waals surface area contributed by atoms with Gasteiger partial charge in [-0.05, 0) is 66.8 Å². The molecule has 1 saturated carbocycles. The van der Waals surface area contributed by atoms with E-state index in [4.69, 9.17) is 0 Å². The fourth-order valence-electron chi connectivity index (χ4n) is 4.02. The van der Waals surface area contributed by atoms with E-state index in [1.165, 1.54) is 11.1 Å². The number of aryl methyl sites for hydroxylation is 1. The number of halogens is 1. The topological polar surface area (TPSA) is 20.2 Å². The van der Waals surface area contributed by atoms with Gasteiger partial charge in [-0.15, -0.1) is 0 Å². The summed E-state index contributed by atoms with van der Waals surface area (Å²) >= 11 is 0. The van der Waals surface area contributed by atoms with E-state index in [0.717, 1.165) is 42.4 Å². The molecule has 1 fully saturated rings. The normalized spacial score (nSPS) is 19.8. The Hall–Kier alpha value is -2.45. The molecular formula is C25H25FO. The van der Waals surface area contributed by atoms with Gasteiger partial charge in [-0.3, -0.25) is 0 Å². The zero-order valence-electron chi connectivity index (χ0n) is 15.7. The number of aliphatic hydroxyl groups excluding tert-OH is 1. The third kappa shape index (κ3) is 3.96. The van der Waals surface area contributed by atoms with Gasteiger partial charge in [0, 0.05) is 5.56 Å². The summed E-state index contributed by atoms with van der Waals surface area (Å²) in [6.07, 6.45) is 3.73. The van der Waals surface area contributed by atoms with Crippen LogP contribution in [0.5, 0.6) is 0 Å². The standard InChI is InChI=1S/C25H25FO/c1-17-2-4-21(5-3-17)24-15-12-22(16-25(24)26)20-8-6-18(7-9-20)19-10-13-23(27)14-11-19/h2-9,12,15-16,19,23,27H,10-11,13-14H2,1H3. The minimum atomic E-state index is -0.193. The third-order valence-electron chi connectivity index (χ3n) is 5.74. The zero-order chi connectivity index (χ0) is 18.8. The van der Waals surface area contributed by atoms with E-state index in [-0.39, 0.29) is 11.9 Å². The summed E-state index contributed by atoms with van der Waals surface area (Å²) in [4.78, 5) is 0. The monoisotopic (exact) mass is 360 g/mol. The van der Waals surface area contributed by atoms with Crippen molar-refractivity contribution < 1.29 is 9.50 Å². The Bertz CT molecular complexity index is 904. The first-order valence-corrected chi connectivity index (χ1v) is 9.75. The van der Waals surface area contributed by atoms with E-state index in [9.17, 15) is 9.50 Å². The smallest absolute Gasteiger partial charge is 0.131 e. The number of hydrogen-bond acceptors (Lipinski definition) is 1. The maximum absolute atomic E-state index is 14.7. The van der Waals surface area contributed by atoms with Crippen molar-refractivity contribution in [3.05, 3.63) is 83.7 Å². The quantitative estimate of drug-likeness (QED) is 0.566. The van der Waals surface area contributed by atoms with Gasteiger partial charge in [0.15, 0.2) is 0 Å². The molecule has 2 heteroatoms. The summed E-state index contributed by atoms with van der Waals surface area (Å²) in [6, 6.07) is 21.9. The van der Waals surface area contributed by atoms with Crippen LogP contribution in [0.2, 0.25) is 0 Å². The molecule has 1 nitrogen and oxygen atoms in total. The molecule has 1 aliphatic rings. The molecular weight excluding hydrogens is 335 g/mol. The van der Waals surface area contributed by atoms with Crippen LogP contribution in [0, 0.1) is 12.7 Å². The second kappa shape index (κ2) is 7.66. The Balaban J connectivity index is 1.55.